The molecule has 4 nitrogen and oxygen atoms in total. The molecule has 0 aromatic heterocycles. The molecule has 1 heterocycles. The number of Topliss-reactive ketones (excluding diaryl/α,β-unsaturated/α-hetero) is 1. The molecule has 0 saturated heterocycles. The van der Waals surface area contributed by atoms with Gasteiger partial charge in [0.1, 0.15) is 11.5 Å². The monoisotopic (exact) mass is 424 g/mol. The largest absolute Gasteiger partial charge is 0.452 e. The van der Waals surface area contributed by atoms with Gasteiger partial charge in [0.15, 0.2) is 11.1 Å². The van der Waals surface area contributed by atoms with Crippen LogP contribution in [0.15, 0.2) is 78.6 Å². The van der Waals surface area contributed by atoms with Crippen LogP contribution in [-0.2, 0) is 4.79 Å². The van der Waals surface area contributed by atoms with Gasteiger partial charge < -0.3 is 9.47 Å². The van der Waals surface area contributed by atoms with Crippen molar-refractivity contribution in [2.45, 2.75) is 5.38 Å². The van der Waals surface area contributed by atoms with Gasteiger partial charge in [-0.25, -0.2) is 4.79 Å². The highest BCUT2D eigenvalue weighted by Crippen LogP contribution is 2.35. The van der Waals surface area contributed by atoms with Gasteiger partial charge in [0.05, 0.1) is 5.56 Å². The second-order valence-corrected chi connectivity index (χ2v) is 7.22. The fourth-order valence-electron chi connectivity index (χ4n) is 2.87. The number of fused-ring (bicyclic) bond motifs is 1. The number of halogens is 2. The fourth-order valence-corrected chi connectivity index (χ4v) is 3.18. The third kappa shape index (κ3) is 4.19. The van der Waals surface area contributed by atoms with Crippen LogP contribution in [0.5, 0.6) is 11.5 Å². The van der Waals surface area contributed by atoms with Gasteiger partial charge in [0.2, 0.25) is 5.78 Å². The summed E-state index contributed by atoms with van der Waals surface area (Å²) in [7, 11) is 0. The Hall–Kier alpha value is -3.08. The van der Waals surface area contributed by atoms with Gasteiger partial charge in [-0.2, -0.15) is 0 Å². The molecule has 1 aliphatic rings. The average molecular weight is 425 g/mol. The van der Waals surface area contributed by atoms with Gasteiger partial charge in [-0.3, -0.25) is 4.79 Å². The van der Waals surface area contributed by atoms with E-state index in [1.165, 1.54) is 12.1 Å². The molecule has 0 fully saturated rings. The van der Waals surface area contributed by atoms with Crippen molar-refractivity contribution in [1.29, 1.82) is 0 Å². The Labute approximate surface area is 177 Å². The Morgan fingerprint density at radius 2 is 1.72 bits per heavy atom. The molecule has 3 aromatic rings. The number of esters is 1. The van der Waals surface area contributed by atoms with Crippen molar-refractivity contribution in [3.05, 3.63) is 100 Å². The fraction of sp³-hybridized carbons (Fsp3) is 0.0435. The van der Waals surface area contributed by atoms with Crippen LogP contribution in [0.3, 0.4) is 0 Å². The molecule has 0 N–H and O–H groups in total. The van der Waals surface area contributed by atoms with Gasteiger partial charge in [0.25, 0.3) is 0 Å². The molecule has 1 atom stereocenters. The first kappa shape index (κ1) is 19.2. The minimum absolute atomic E-state index is 0.185. The van der Waals surface area contributed by atoms with Crippen LogP contribution < -0.4 is 9.47 Å². The third-order valence-corrected chi connectivity index (χ3v) is 5.01. The number of alkyl halides is 1. The van der Waals surface area contributed by atoms with E-state index >= 15 is 0 Å². The topological polar surface area (TPSA) is 52.6 Å². The van der Waals surface area contributed by atoms with Crippen LogP contribution >= 0.6 is 23.2 Å². The predicted molar refractivity (Wildman–Crippen MR) is 112 cm³/mol. The molecule has 0 bridgehead atoms. The zero-order chi connectivity index (χ0) is 20.4. The lowest BCUT2D eigenvalue weighted by Crippen LogP contribution is -2.14. The highest BCUT2D eigenvalue weighted by Gasteiger charge is 2.28. The molecule has 0 spiro atoms. The SMILES string of the molecule is O=C1/C(=C/c2ccc(Cl)cc2)Oc2cc(OC(=O)C(Cl)c3ccccc3)ccc21. The summed E-state index contributed by atoms with van der Waals surface area (Å²) in [5, 5.41) is -0.332. The van der Waals surface area contributed by atoms with Crippen molar-refractivity contribution in [2.75, 3.05) is 0 Å². The van der Waals surface area contributed by atoms with E-state index in [-0.39, 0.29) is 17.3 Å². The van der Waals surface area contributed by atoms with Crippen molar-refractivity contribution in [3.63, 3.8) is 0 Å². The number of carbonyl (C=O) groups is 2. The van der Waals surface area contributed by atoms with Crippen molar-refractivity contribution in [2.24, 2.45) is 0 Å². The second-order valence-electron chi connectivity index (χ2n) is 6.34. The van der Waals surface area contributed by atoms with E-state index in [4.69, 9.17) is 32.7 Å². The summed E-state index contributed by atoms with van der Waals surface area (Å²) in [5.74, 6) is -0.0982. The van der Waals surface area contributed by atoms with Crippen LogP contribution in [-0.4, -0.2) is 11.8 Å². The molecular formula is C23H14Cl2O4. The Balaban J connectivity index is 1.51. The number of carbonyl (C=O) groups excluding carboxylic acids is 2. The van der Waals surface area contributed by atoms with Crippen molar-refractivity contribution >= 4 is 41.0 Å². The van der Waals surface area contributed by atoms with Crippen LogP contribution in [0.4, 0.5) is 0 Å². The standard InChI is InChI=1S/C23H14Cl2O4/c24-16-8-6-14(7-9-16)12-20-22(26)18-11-10-17(13-19(18)29-20)28-23(27)21(25)15-4-2-1-3-5-15/h1-13,21H/b20-12-. The number of ether oxygens (including phenoxy) is 2. The minimum Gasteiger partial charge on any atom is -0.452 e. The maximum Gasteiger partial charge on any atom is 0.334 e. The molecule has 6 heteroatoms. The van der Waals surface area contributed by atoms with Gasteiger partial charge in [-0.15, -0.1) is 11.6 Å². The zero-order valence-corrected chi connectivity index (χ0v) is 16.5. The summed E-state index contributed by atoms with van der Waals surface area (Å²) in [6.45, 7) is 0. The lowest BCUT2D eigenvalue weighted by Gasteiger charge is -2.10. The lowest BCUT2D eigenvalue weighted by molar-refractivity contribution is -0.134. The summed E-state index contributed by atoms with van der Waals surface area (Å²) < 4.78 is 11.0. The van der Waals surface area contributed by atoms with Crippen LogP contribution in [0.2, 0.25) is 5.02 Å². The lowest BCUT2D eigenvalue weighted by atomic mass is 10.1. The van der Waals surface area contributed by atoms with Crippen molar-refractivity contribution in [1.82, 2.24) is 0 Å². The molecule has 3 aromatic carbocycles. The number of ketones is 1. The summed E-state index contributed by atoms with van der Waals surface area (Å²) in [6.07, 6.45) is 1.63. The molecule has 1 unspecified atom stereocenters. The Bertz CT molecular complexity index is 1110. The quantitative estimate of drug-likeness (QED) is 0.228. The summed E-state index contributed by atoms with van der Waals surface area (Å²) in [4.78, 5) is 24.9. The zero-order valence-electron chi connectivity index (χ0n) is 15.0. The first-order valence-electron chi connectivity index (χ1n) is 8.76. The number of benzene rings is 3. The molecule has 0 amide bonds. The van der Waals surface area contributed by atoms with Gasteiger partial charge in [0, 0.05) is 11.1 Å². The average Bonchev–Trinajstić information content (AvgIpc) is 3.04. The number of hydrogen-bond acceptors (Lipinski definition) is 4. The van der Waals surface area contributed by atoms with E-state index in [2.05, 4.69) is 0 Å². The van der Waals surface area contributed by atoms with E-state index < -0.39 is 11.3 Å². The summed E-state index contributed by atoms with van der Waals surface area (Å²) >= 11 is 12.1. The third-order valence-electron chi connectivity index (χ3n) is 4.33. The second kappa shape index (κ2) is 8.11. The van der Waals surface area contributed by atoms with Crippen LogP contribution in [0, 0.1) is 0 Å². The summed E-state index contributed by atoms with van der Waals surface area (Å²) in [6, 6.07) is 20.5. The molecule has 0 saturated carbocycles. The smallest absolute Gasteiger partial charge is 0.334 e. The Morgan fingerprint density at radius 3 is 2.45 bits per heavy atom. The van der Waals surface area contributed by atoms with Crippen LogP contribution in [0.25, 0.3) is 6.08 Å². The molecule has 0 radical (unpaired) electrons. The maximum atomic E-state index is 12.5. The van der Waals surface area contributed by atoms with E-state index in [0.717, 1.165) is 5.56 Å². The van der Waals surface area contributed by atoms with E-state index in [1.54, 1.807) is 60.7 Å². The van der Waals surface area contributed by atoms with E-state index in [0.29, 0.717) is 21.9 Å². The molecule has 0 aliphatic carbocycles. The molecule has 144 valence electrons. The number of allylic oxidation sites excluding steroid dienone is 1. The Morgan fingerprint density at radius 1 is 1.00 bits per heavy atom. The number of rotatable bonds is 4. The number of hydrogen-bond donors (Lipinski definition) is 0. The van der Waals surface area contributed by atoms with Gasteiger partial charge in [-0.1, -0.05) is 54.1 Å². The van der Waals surface area contributed by atoms with E-state index in [9.17, 15) is 9.59 Å². The highest BCUT2D eigenvalue weighted by molar-refractivity contribution is 6.30. The maximum absolute atomic E-state index is 12.5. The first-order valence-corrected chi connectivity index (χ1v) is 9.57. The minimum atomic E-state index is -0.938. The normalized spacial score (nSPS) is 15.0. The first-order chi connectivity index (χ1) is 14.0. The Kier molecular flexibility index (Phi) is 5.38. The van der Waals surface area contributed by atoms with Gasteiger partial charge >= 0.3 is 5.97 Å². The highest BCUT2D eigenvalue weighted by atomic mass is 35.5. The molecule has 29 heavy (non-hydrogen) atoms. The van der Waals surface area contributed by atoms with Crippen LogP contribution in [0.1, 0.15) is 26.9 Å². The molecule has 1 aliphatic heterocycles. The van der Waals surface area contributed by atoms with Crippen molar-refractivity contribution < 1.29 is 19.1 Å². The summed E-state index contributed by atoms with van der Waals surface area (Å²) in [5.41, 5.74) is 1.82. The van der Waals surface area contributed by atoms with Gasteiger partial charge in [-0.05, 0) is 41.5 Å². The van der Waals surface area contributed by atoms with Crippen molar-refractivity contribution in [3.8, 4) is 11.5 Å². The molecular weight excluding hydrogens is 411 g/mol. The molecule has 4 rings (SSSR count). The predicted octanol–water partition coefficient (Wildman–Crippen LogP) is 5.84. The van der Waals surface area contributed by atoms with E-state index in [1.807, 2.05) is 6.07 Å².